The zero-order valence-corrected chi connectivity index (χ0v) is 15.0. The van der Waals surface area contributed by atoms with Crippen LogP contribution in [0.15, 0.2) is 18.2 Å². The van der Waals surface area contributed by atoms with Gasteiger partial charge >= 0.3 is 0 Å². The summed E-state index contributed by atoms with van der Waals surface area (Å²) in [6.45, 7) is 0. The first kappa shape index (κ1) is 18.9. The number of hydrogen-bond acceptors (Lipinski definition) is 4. The summed E-state index contributed by atoms with van der Waals surface area (Å²) >= 11 is 0. The lowest BCUT2D eigenvalue weighted by atomic mass is 10.0. The van der Waals surface area contributed by atoms with Crippen molar-refractivity contribution >= 4 is 32.9 Å². The third-order valence-electron chi connectivity index (χ3n) is 4.00. The van der Waals surface area contributed by atoms with E-state index in [4.69, 9.17) is 15.7 Å². The molecule has 25 heavy (non-hydrogen) atoms. The third-order valence-corrected chi connectivity index (χ3v) is 4.00. The quantitative estimate of drug-likeness (QED) is 0.341. The molecule has 0 spiro atoms. The summed E-state index contributed by atoms with van der Waals surface area (Å²) in [5, 5.41) is 10.9. The average molecular weight is 366 g/mol. The maximum Gasteiger partial charge on any atom is 0.274 e. The van der Waals surface area contributed by atoms with Crippen LogP contribution in [0.4, 0.5) is 0 Å². The molecule has 9 heteroatoms. The van der Waals surface area contributed by atoms with Crippen molar-refractivity contribution < 1.29 is 17.8 Å². The number of carbonyl (C=O) groups excluding carboxylic acids is 1. The first-order chi connectivity index (χ1) is 11.6. The molecule has 0 radical (unpaired) electrons. The van der Waals surface area contributed by atoms with Crippen LogP contribution in [0.3, 0.4) is 0 Å². The molecule has 1 aromatic carbocycles. The van der Waals surface area contributed by atoms with Crippen LogP contribution in [0.25, 0.3) is 10.9 Å². The van der Waals surface area contributed by atoms with Crippen molar-refractivity contribution in [3.63, 3.8) is 0 Å². The largest absolute Gasteiger partial charge is 0.370 e. The van der Waals surface area contributed by atoms with Crippen LogP contribution in [0.5, 0.6) is 0 Å². The molecule has 136 valence electrons. The van der Waals surface area contributed by atoms with E-state index < -0.39 is 10.1 Å². The summed E-state index contributed by atoms with van der Waals surface area (Å²) in [5.41, 5.74) is 9.39. The number of benzene rings is 1. The second kappa shape index (κ2) is 7.24. The summed E-state index contributed by atoms with van der Waals surface area (Å²) in [6.07, 6.45) is 4.89. The lowest BCUT2D eigenvalue weighted by Crippen LogP contribution is -2.37. The van der Waals surface area contributed by atoms with E-state index in [0.717, 1.165) is 36.8 Å². The van der Waals surface area contributed by atoms with Gasteiger partial charge in [-0.3, -0.25) is 20.1 Å². The molecule has 1 aromatic heterocycles. The highest BCUT2D eigenvalue weighted by atomic mass is 32.2. The second-order valence-electron chi connectivity index (χ2n) is 6.01. The molecule has 1 aliphatic rings. The fourth-order valence-electron chi connectivity index (χ4n) is 3.20. The number of guanidine groups is 1. The van der Waals surface area contributed by atoms with Crippen LogP contribution in [-0.4, -0.2) is 35.7 Å². The average Bonchev–Trinajstić information content (AvgIpc) is 2.62. The molecule has 0 saturated carbocycles. The van der Waals surface area contributed by atoms with E-state index in [-0.39, 0.29) is 11.9 Å². The van der Waals surface area contributed by atoms with Crippen molar-refractivity contribution in [2.75, 3.05) is 6.26 Å². The third kappa shape index (κ3) is 4.58. The molecule has 5 N–H and O–H groups in total. The number of hydrogen-bond donors (Lipinski definition) is 4. The van der Waals surface area contributed by atoms with Gasteiger partial charge in [0, 0.05) is 18.0 Å². The number of rotatable bonds is 1. The van der Waals surface area contributed by atoms with E-state index in [1.165, 1.54) is 10.9 Å². The van der Waals surface area contributed by atoms with Gasteiger partial charge in [0.1, 0.15) is 5.69 Å². The van der Waals surface area contributed by atoms with Crippen LogP contribution < -0.4 is 11.1 Å². The molecule has 0 fully saturated rings. The Morgan fingerprint density at radius 1 is 1.32 bits per heavy atom. The van der Waals surface area contributed by atoms with E-state index in [9.17, 15) is 13.2 Å². The maximum absolute atomic E-state index is 12.3. The number of nitrogens with two attached hydrogens (primary N) is 1. The van der Waals surface area contributed by atoms with Crippen molar-refractivity contribution in [1.29, 1.82) is 5.41 Å². The van der Waals surface area contributed by atoms with Crippen molar-refractivity contribution in [1.82, 2.24) is 9.88 Å². The van der Waals surface area contributed by atoms with Gasteiger partial charge in [0.2, 0.25) is 0 Å². The molecule has 0 bridgehead atoms. The van der Waals surface area contributed by atoms with Gasteiger partial charge in [0.25, 0.3) is 16.0 Å². The number of aryl methyl sites for hydroxylation is 3. The SMILES string of the molecule is CS(=O)(=O)O.Cn1c(C(=O)NC(=N)N)c2c3c(cccc31)CCCC2. The predicted molar refractivity (Wildman–Crippen MR) is 96.4 cm³/mol. The minimum atomic E-state index is -3.67. The summed E-state index contributed by atoms with van der Waals surface area (Å²) in [6, 6.07) is 6.22. The summed E-state index contributed by atoms with van der Waals surface area (Å²) < 4.78 is 27.8. The monoisotopic (exact) mass is 366 g/mol. The molecule has 0 aliphatic heterocycles. The summed E-state index contributed by atoms with van der Waals surface area (Å²) in [5.74, 6) is -0.611. The van der Waals surface area contributed by atoms with Gasteiger partial charge in [0.05, 0.1) is 6.26 Å². The van der Waals surface area contributed by atoms with Crippen LogP contribution in [0, 0.1) is 5.41 Å². The second-order valence-corrected chi connectivity index (χ2v) is 7.47. The highest BCUT2D eigenvalue weighted by molar-refractivity contribution is 7.85. The molecular weight excluding hydrogens is 344 g/mol. The Balaban J connectivity index is 0.000000399. The molecular formula is C16H22N4O4S. The van der Waals surface area contributed by atoms with Crippen LogP contribution in [0.2, 0.25) is 0 Å². The van der Waals surface area contributed by atoms with Crippen molar-refractivity contribution in [2.24, 2.45) is 12.8 Å². The first-order valence-electron chi connectivity index (χ1n) is 7.76. The number of nitrogens with zero attached hydrogens (tertiary/aromatic N) is 1. The number of amides is 1. The van der Waals surface area contributed by atoms with Gasteiger partial charge in [-0.25, -0.2) is 0 Å². The molecule has 2 aromatic rings. The molecule has 0 atom stereocenters. The highest BCUT2D eigenvalue weighted by Gasteiger charge is 2.24. The maximum atomic E-state index is 12.3. The Bertz CT molecular complexity index is 923. The van der Waals surface area contributed by atoms with Crippen LogP contribution in [-0.2, 0) is 30.0 Å². The van der Waals surface area contributed by atoms with Crippen LogP contribution in [0.1, 0.15) is 34.5 Å². The Kier molecular flexibility index (Phi) is 5.48. The van der Waals surface area contributed by atoms with Crippen LogP contribution >= 0.6 is 0 Å². The Morgan fingerprint density at radius 2 is 1.92 bits per heavy atom. The minimum Gasteiger partial charge on any atom is -0.370 e. The summed E-state index contributed by atoms with van der Waals surface area (Å²) in [7, 11) is -1.77. The fourth-order valence-corrected chi connectivity index (χ4v) is 3.20. The molecule has 8 nitrogen and oxygen atoms in total. The van der Waals surface area contributed by atoms with Gasteiger partial charge in [-0.2, -0.15) is 8.42 Å². The zero-order valence-electron chi connectivity index (χ0n) is 14.2. The normalized spacial score (nSPS) is 13.6. The Hall–Kier alpha value is -2.39. The fraction of sp³-hybridized carbons (Fsp3) is 0.375. The van der Waals surface area contributed by atoms with Crippen molar-refractivity contribution in [2.45, 2.75) is 25.7 Å². The van der Waals surface area contributed by atoms with E-state index in [0.29, 0.717) is 11.9 Å². The van der Waals surface area contributed by atoms with Crippen molar-refractivity contribution in [3.05, 3.63) is 35.0 Å². The molecule has 0 saturated heterocycles. The van der Waals surface area contributed by atoms with E-state index in [2.05, 4.69) is 11.4 Å². The van der Waals surface area contributed by atoms with Gasteiger partial charge in [-0.05, 0) is 42.9 Å². The van der Waals surface area contributed by atoms with Gasteiger partial charge in [0.15, 0.2) is 5.96 Å². The number of carbonyl (C=O) groups is 1. The summed E-state index contributed by atoms with van der Waals surface area (Å²) in [4.78, 5) is 12.3. The minimum absolute atomic E-state index is 0.293. The predicted octanol–water partition coefficient (Wildman–Crippen LogP) is 1.18. The standard InChI is InChI=1S/C15H18N4O.CH4O3S/c1-19-11-8-4-6-9-5-2-3-7-10(12(9)11)13(19)14(20)18-15(16)17;1-5(2,3)4/h4,6,8H,2-3,5,7H2,1H3,(H4,16,17,18,20);1H3,(H,2,3,4). The Labute approximate surface area is 146 Å². The number of aromatic nitrogens is 1. The van der Waals surface area contributed by atoms with E-state index >= 15 is 0 Å². The molecule has 3 rings (SSSR count). The lowest BCUT2D eigenvalue weighted by molar-refractivity contribution is 0.0968. The first-order valence-corrected chi connectivity index (χ1v) is 9.61. The molecule has 1 heterocycles. The lowest BCUT2D eigenvalue weighted by Gasteiger charge is -2.07. The highest BCUT2D eigenvalue weighted by Crippen LogP contribution is 2.33. The number of nitrogens with one attached hydrogen (secondary N) is 2. The van der Waals surface area contributed by atoms with E-state index in [1.54, 1.807) is 0 Å². The molecule has 0 unspecified atom stereocenters. The zero-order chi connectivity index (χ0) is 18.8. The van der Waals surface area contributed by atoms with Gasteiger partial charge in [-0.15, -0.1) is 0 Å². The van der Waals surface area contributed by atoms with E-state index in [1.807, 2.05) is 23.7 Å². The van der Waals surface area contributed by atoms with Crippen molar-refractivity contribution in [3.8, 4) is 0 Å². The molecule has 1 aliphatic carbocycles. The van der Waals surface area contributed by atoms with Gasteiger partial charge < -0.3 is 10.3 Å². The Morgan fingerprint density at radius 3 is 2.52 bits per heavy atom. The molecule has 1 amide bonds. The topological polar surface area (TPSA) is 138 Å². The van der Waals surface area contributed by atoms with Gasteiger partial charge in [-0.1, -0.05) is 12.1 Å². The smallest absolute Gasteiger partial charge is 0.274 e.